The maximum Gasteiger partial charge on any atom is 0.0540 e. The molecule has 1 nitrogen and oxygen atoms in total. The molecule has 1 aromatic heterocycles. The number of nitrogens with zero attached hydrogens (tertiary/aromatic N) is 1. The molecule has 0 aliphatic rings. The van der Waals surface area contributed by atoms with Crippen LogP contribution < -0.4 is 4.90 Å². The van der Waals surface area contributed by atoms with E-state index < -0.39 is 0 Å². The number of rotatable bonds is 8. The first-order valence-corrected chi connectivity index (χ1v) is 22.7. The van der Waals surface area contributed by atoms with Gasteiger partial charge in [-0.3, -0.25) is 0 Å². The highest BCUT2D eigenvalue weighted by Crippen LogP contribution is 2.50. The molecule has 0 aliphatic carbocycles. The summed E-state index contributed by atoms with van der Waals surface area (Å²) in [5.41, 5.74) is 14.4. The Morgan fingerprint density at radius 1 is 0.281 bits per heavy atom. The molecular formula is C62H41NS. The van der Waals surface area contributed by atoms with Gasteiger partial charge in [0.05, 0.1) is 5.69 Å². The van der Waals surface area contributed by atoms with Crippen LogP contribution in [0, 0.1) is 0 Å². The molecule has 0 N–H and O–H groups in total. The first-order valence-electron chi connectivity index (χ1n) is 21.9. The Bertz CT molecular complexity index is 3550. The molecule has 1 heterocycles. The summed E-state index contributed by atoms with van der Waals surface area (Å²) in [7, 11) is 0. The maximum absolute atomic E-state index is 2.42. The molecule has 0 amide bonds. The fourth-order valence-electron chi connectivity index (χ4n) is 9.61. The zero-order chi connectivity index (χ0) is 42.4. The average molecular weight is 832 g/mol. The van der Waals surface area contributed by atoms with Crippen LogP contribution in [0.3, 0.4) is 0 Å². The summed E-state index contributed by atoms with van der Waals surface area (Å²) in [6.07, 6.45) is 0. The van der Waals surface area contributed by atoms with Gasteiger partial charge in [-0.15, -0.1) is 11.3 Å². The van der Waals surface area contributed by atoms with Gasteiger partial charge in [0.15, 0.2) is 0 Å². The number of anilines is 3. The summed E-state index contributed by atoms with van der Waals surface area (Å²) < 4.78 is 1.27. The molecule has 300 valence electrons. The van der Waals surface area contributed by atoms with E-state index in [0.717, 1.165) is 17.1 Å². The first-order chi connectivity index (χ1) is 31.7. The number of fused-ring (bicyclic) bond motifs is 4. The van der Waals surface area contributed by atoms with Crippen LogP contribution in [0.15, 0.2) is 249 Å². The van der Waals surface area contributed by atoms with Gasteiger partial charge in [-0.1, -0.05) is 212 Å². The number of hydrogen-bond donors (Lipinski definition) is 0. The van der Waals surface area contributed by atoms with Crippen molar-refractivity contribution in [2.45, 2.75) is 0 Å². The van der Waals surface area contributed by atoms with Gasteiger partial charge in [0.25, 0.3) is 0 Å². The third kappa shape index (κ3) is 6.64. The second-order valence-electron chi connectivity index (χ2n) is 16.4. The van der Waals surface area contributed by atoms with Crippen LogP contribution in [0.2, 0.25) is 0 Å². The molecular weight excluding hydrogens is 791 g/mol. The van der Waals surface area contributed by atoms with Crippen molar-refractivity contribution in [3.63, 3.8) is 0 Å². The van der Waals surface area contributed by atoms with Crippen LogP contribution in [0.25, 0.3) is 97.4 Å². The maximum atomic E-state index is 2.42. The van der Waals surface area contributed by atoms with E-state index in [9.17, 15) is 0 Å². The van der Waals surface area contributed by atoms with E-state index >= 15 is 0 Å². The van der Waals surface area contributed by atoms with Crippen LogP contribution in [0.1, 0.15) is 0 Å². The summed E-state index contributed by atoms with van der Waals surface area (Å²) in [5, 5.41) is 8.73. The highest BCUT2D eigenvalue weighted by Gasteiger charge is 2.22. The standard InChI is InChI=1S/C62H41NS/c1-3-15-42(16-4-1)44-29-34-49(35-30-44)63(50-36-31-45(32-37-50)43-17-5-2-6-18-43)59-40-39-53(54-25-11-12-26-55(54)59)48-33-38-58-60(41-48)64-62(57-28-14-22-47-20-8-10-24-52(47)57)61(58)56-27-13-21-46-19-7-9-23-51(46)56/h1-41H. The highest BCUT2D eigenvalue weighted by molar-refractivity contribution is 7.23. The lowest BCUT2D eigenvalue weighted by Gasteiger charge is -2.28. The van der Waals surface area contributed by atoms with Crippen molar-refractivity contribution in [3.8, 4) is 54.9 Å². The summed E-state index contributed by atoms with van der Waals surface area (Å²) in [4.78, 5) is 3.71. The molecule has 0 atom stereocenters. The van der Waals surface area contributed by atoms with E-state index in [-0.39, 0.29) is 0 Å². The van der Waals surface area contributed by atoms with Crippen molar-refractivity contribution in [3.05, 3.63) is 249 Å². The molecule has 2 heteroatoms. The fraction of sp³-hybridized carbons (Fsp3) is 0. The Balaban J connectivity index is 1.02. The topological polar surface area (TPSA) is 3.24 Å². The molecule has 64 heavy (non-hydrogen) atoms. The summed E-state index contributed by atoms with van der Waals surface area (Å²) >= 11 is 1.90. The third-order valence-corrected chi connectivity index (χ3v) is 13.9. The summed E-state index contributed by atoms with van der Waals surface area (Å²) in [5.74, 6) is 0. The largest absolute Gasteiger partial charge is 0.310 e. The predicted molar refractivity (Wildman–Crippen MR) is 276 cm³/mol. The molecule has 0 aliphatic heterocycles. The quantitative estimate of drug-likeness (QED) is 0.147. The van der Waals surface area contributed by atoms with E-state index in [0.29, 0.717) is 0 Å². The van der Waals surface area contributed by atoms with Gasteiger partial charge >= 0.3 is 0 Å². The van der Waals surface area contributed by atoms with Crippen LogP contribution >= 0.6 is 11.3 Å². The van der Waals surface area contributed by atoms with Crippen LogP contribution in [-0.2, 0) is 0 Å². The predicted octanol–water partition coefficient (Wildman–Crippen LogP) is 18.2. The molecule has 12 rings (SSSR count). The van der Waals surface area contributed by atoms with Crippen LogP contribution in [-0.4, -0.2) is 0 Å². The second kappa shape index (κ2) is 16.0. The highest BCUT2D eigenvalue weighted by atomic mass is 32.1. The van der Waals surface area contributed by atoms with Crippen molar-refractivity contribution in [1.29, 1.82) is 0 Å². The minimum Gasteiger partial charge on any atom is -0.310 e. The average Bonchev–Trinajstić information content (AvgIpc) is 3.75. The van der Waals surface area contributed by atoms with Crippen molar-refractivity contribution >= 4 is 70.8 Å². The number of benzene rings is 11. The van der Waals surface area contributed by atoms with Crippen LogP contribution in [0.4, 0.5) is 17.1 Å². The van der Waals surface area contributed by atoms with E-state index in [1.54, 1.807) is 0 Å². The van der Waals surface area contributed by atoms with E-state index in [1.165, 1.54) is 97.4 Å². The first kappa shape index (κ1) is 37.7. The Labute approximate surface area is 377 Å². The van der Waals surface area contributed by atoms with E-state index in [2.05, 4.69) is 254 Å². The molecule has 0 unspecified atom stereocenters. The Hall–Kier alpha value is -8.04. The van der Waals surface area contributed by atoms with Gasteiger partial charge in [0.1, 0.15) is 0 Å². The van der Waals surface area contributed by atoms with E-state index in [4.69, 9.17) is 0 Å². The molecule has 0 saturated heterocycles. The van der Waals surface area contributed by atoms with Gasteiger partial charge < -0.3 is 4.90 Å². The molecule has 0 saturated carbocycles. The monoisotopic (exact) mass is 831 g/mol. The molecule has 11 aromatic carbocycles. The van der Waals surface area contributed by atoms with Crippen LogP contribution in [0.5, 0.6) is 0 Å². The summed E-state index contributed by atoms with van der Waals surface area (Å²) in [6.45, 7) is 0. The molecule has 0 bridgehead atoms. The SMILES string of the molecule is c1ccc(-c2ccc(N(c3ccc(-c4ccccc4)cc3)c3ccc(-c4ccc5c(-c6cccc7ccccc67)c(-c6cccc7ccccc67)sc5c4)c4ccccc34)cc2)cc1. The number of hydrogen-bond acceptors (Lipinski definition) is 2. The Morgan fingerprint density at radius 2 is 0.750 bits per heavy atom. The van der Waals surface area contributed by atoms with Crippen molar-refractivity contribution in [1.82, 2.24) is 0 Å². The minimum absolute atomic E-state index is 1.10. The van der Waals surface area contributed by atoms with Crippen molar-refractivity contribution in [2.75, 3.05) is 4.90 Å². The van der Waals surface area contributed by atoms with Gasteiger partial charge in [-0.2, -0.15) is 0 Å². The Morgan fingerprint density at radius 3 is 1.36 bits per heavy atom. The van der Waals surface area contributed by atoms with E-state index in [1.807, 2.05) is 11.3 Å². The van der Waals surface area contributed by atoms with Gasteiger partial charge in [0, 0.05) is 42.9 Å². The van der Waals surface area contributed by atoms with Gasteiger partial charge in [-0.05, 0) is 102 Å². The fourth-order valence-corrected chi connectivity index (χ4v) is 10.9. The minimum atomic E-state index is 1.10. The Kier molecular flexibility index (Phi) is 9.43. The lowest BCUT2D eigenvalue weighted by Crippen LogP contribution is -2.10. The zero-order valence-corrected chi connectivity index (χ0v) is 35.8. The van der Waals surface area contributed by atoms with Gasteiger partial charge in [0.2, 0.25) is 0 Å². The molecule has 0 radical (unpaired) electrons. The second-order valence-corrected chi connectivity index (χ2v) is 17.5. The molecule has 0 fully saturated rings. The smallest absolute Gasteiger partial charge is 0.0540 e. The number of thiophene rings is 1. The summed E-state index contributed by atoms with van der Waals surface area (Å²) in [6, 6.07) is 90.8. The molecule has 0 spiro atoms. The van der Waals surface area contributed by atoms with Crippen molar-refractivity contribution < 1.29 is 0 Å². The molecule has 12 aromatic rings. The lowest BCUT2D eigenvalue weighted by molar-refractivity contribution is 1.30. The normalized spacial score (nSPS) is 11.4. The van der Waals surface area contributed by atoms with Gasteiger partial charge in [-0.25, -0.2) is 0 Å². The van der Waals surface area contributed by atoms with Crippen molar-refractivity contribution in [2.24, 2.45) is 0 Å². The lowest BCUT2D eigenvalue weighted by atomic mass is 9.91. The third-order valence-electron chi connectivity index (χ3n) is 12.7. The zero-order valence-electron chi connectivity index (χ0n) is 35.0.